The summed E-state index contributed by atoms with van der Waals surface area (Å²) in [6, 6.07) is 8.24. The van der Waals surface area contributed by atoms with Crippen molar-refractivity contribution in [3.05, 3.63) is 69.5 Å². The van der Waals surface area contributed by atoms with Gasteiger partial charge in [-0.15, -0.1) is 0 Å². The highest BCUT2D eigenvalue weighted by Gasteiger charge is 2.11. The highest BCUT2D eigenvalue weighted by Crippen LogP contribution is 2.14. The lowest BCUT2D eigenvalue weighted by atomic mass is 10.2. The molecule has 2 heterocycles. The fourth-order valence-electron chi connectivity index (χ4n) is 2.17. The van der Waals surface area contributed by atoms with Gasteiger partial charge in [0.15, 0.2) is 18.2 Å². The third-order valence-electron chi connectivity index (χ3n) is 3.19. The third-order valence-corrected chi connectivity index (χ3v) is 3.43. The number of pyridine rings is 1. The molecule has 23 heavy (non-hydrogen) atoms. The summed E-state index contributed by atoms with van der Waals surface area (Å²) < 4.78 is 1.72. The number of aromatic nitrogens is 3. The molecule has 0 radical (unpaired) electrons. The number of nitrogens with two attached hydrogens (primary N) is 1. The number of aromatic amines is 1. The number of primary amides is 1. The minimum atomic E-state index is -0.513. The molecule has 6 nitrogen and oxygen atoms in total. The van der Waals surface area contributed by atoms with Gasteiger partial charge < -0.3 is 23.1 Å². The van der Waals surface area contributed by atoms with Crippen LogP contribution in [0.4, 0.5) is 0 Å². The van der Waals surface area contributed by atoms with E-state index in [-0.39, 0.29) is 18.0 Å². The molecule has 0 atom stereocenters. The Morgan fingerprint density at radius 1 is 1.35 bits per heavy atom. The van der Waals surface area contributed by atoms with Gasteiger partial charge in [-0.3, -0.25) is 9.59 Å². The van der Waals surface area contributed by atoms with Crippen molar-refractivity contribution >= 4 is 28.4 Å². The number of hydrogen-bond donors (Lipinski definition) is 2. The van der Waals surface area contributed by atoms with Gasteiger partial charge in [0.2, 0.25) is 6.54 Å². The lowest BCUT2D eigenvalue weighted by molar-refractivity contribution is -0.689. The maximum absolute atomic E-state index is 12.1. The Morgan fingerprint density at radius 2 is 2.13 bits per heavy atom. The number of nitrogens with zero attached hydrogens (tertiary/aromatic N) is 2. The fourth-order valence-corrected chi connectivity index (χ4v) is 2.34. The van der Waals surface area contributed by atoms with Crippen LogP contribution in [-0.2, 0) is 6.54 Å². The van der Waals surface area contributed by atoms with Crippen molar-refractivity contribution in [1.82, 2.24) is 9.97 Å². The summed E-state index contributed by atoms with van der Waals surface area (Å²) in [5, 5.41) is 0.990. The van der Waals surface area contributed by atoms with Gasteiger partial charge in [0, 0.05) is 11.1 Å². The molecule has 3 aromatic rings. The molecule has 1 aromatic carbocycles. The quantitative estimate of drug-likeness (QED) is 0.536. The summed E-state index contributed by atoms with van der Waals surface area (Å²) in [5.41, 5.74) is 5.93. The van der Waals surface area contributed by atoms with Gasteiger partial charge in [-0.1, -0.05) is 11.6 Å². The number of carbonyl (C=O) groups is 1. The molecule has 0 unspecified atom stereocenters. The summed E-state index contributed by atoms with van der Waals surface area (Å²) in [6.07, 6.45) is 3.36. The zero-order chi connectivity index (χ0) is 15.7. The van der Waals surface area contributed by atoms with Crippen LogP contribution in [-0.4, -0.2) is 15.9 Å². The number of H-pyrrole nitrogens is 1. The first-order valence-corrected chi connectivity index (χ1v) is 6.88. The molecule has 0 aliphatic heterocycles. The summed E-state index contributed by atoms with van der Waals surface area (Å²) >= 11 is 5.93. The van der Waals surface area contributed by atoms with Crippen LogP contribution < -0.4 is 28.3 Å². The van der Waals surface area contributed by atoms with Crippen LogP contribution in [0, 0.1) is 0 Å². The van der Waals surface area contributed by atoms with E-state index in [2.05, 4.69) is 9.97 Å². The average molecular weight is 351 g/mol. The Labute approximate surface area is 142 Å². The molecule has 0 bridgehead atoms. The molecule has 0 saturated carbocycles. The molecule has 0 aliphatic carbocycles. The van der Waals surface area contributed by atoms with Gasteiger partial charge >= 0.3 is 0 Å². The van der Waals surface area contributed by atoms with E-state index >= 15 is 0 Å². The molecule has 8 heteroatoms. The number of nitrogens with one attached hydrogen (secondary N) is 1. The smallest absolute Gasteiger partial charge is 0.258 e. The number of carbonyl (C=O) groups excluding carboxylic acids is 1. The maximum atomic E-state index is 12.1. The van der Waals surface area contributed by atoms with Crippen LogP contribution in [0.1, 0.15) is 16.2 Å². The van der Waals surface area contributed by atoms with Crippen molar-refractivity contribution < 1.29 is 21.8 Å². The van der Waals surface area contributed by atoms with E-state index in [9.17, 15) is 9.59 Å². The molecule has 1 amide bonds. The van der Waals surface area contributed by atoms with Gasteiger partial charge in [-0.05, 0) is 24.3 Å². The van der Waals surface area contributed by atoms with Crippen LogP contribution in [0.2, 0.25) is 5.02 Å². The fraction of sp³-hybridized carbons (Fsp3) is 0.0667. The van der Waals surface area contributed by atoms with Gasteiger partial charge in [0.05, 0.1) is 10.9 Å². The summed E-state index contributed by atoms with van der Waals surface area (Å²) in [6.45, 7) is 0.304. The van der Waals surface area contributed by atoms with E-state index in [4.69, 9.17) is 17.3 Å². The molecule has 3 rings (SSSR count). The Hall–Kier alpha value is -2.44. The first-order valence-electron chi connectivity index (χ1n) is 6.50. The van der Waals surface area contributed by atoms with Crippen molar-refractivity contribution in [2.75, 3.05) is 0 Å². The minimum Gasteiger partial charge on any atom is -1.00 e. The molecular weight excluding hydrogens is 339 g/mol. The Morgan fingerprint density at radius 3 is 2.87 bits per heavy atom. The van der Waals surface area contributed by atoms with Crippen molar-refractivity contribution in [1.29, 1.82) is 0 Å². The van der Waals surface area contributed by atoms with E-state index in [0.29, 0.717) is 33.9 Å². The SMILES string of the molecule is NC(=O)c1ccc[n+](Cc2nc3cc(Cl)ccc3c(=O)[nH]2)c1.[Cl-]. The zero-order valence-electron chi connectivity index (χ0n) is 11.8. The molecule has 3 N–H and O–H groups in total. The van der Waals surface area contributed by atoms with Crippen molar-refractivity contribution in [2.45, 2.75) is 6.54 Å². The lowest BCUT2D eigenvalue weighted by Gasteiger charge is -2.02. The molecule has 0 spiro atoms. The zero-order valence-corrected chi connectivity index (χ0v) is 13.3. The first-order chi connectivity index (χ1) is 10.5. The van der Waals surface area contributed by atoms with Gasteiger partial charge in [-0.2, -0.15) is 4.57 Å². The third kappa shape index (κ3) is 3.67. The van der Waals surface area contributed by atoms with Crippen LogP contribution in [0.25, 0.3) is 10.9 Å². The van der Waals surface area contributed by atoms with Crippen molar-refractivity contribution in [3.8, 4) is 0 Å². The lowest BCUT2D eigenvalue weighted by Crippen LogP contribution is -3.00. The summed E-state index contributed by atoms with van der Waals surface area (Å²) in [5.74, 6) is -0.0486. The predicted octanol–water partition coefficient (Wildman–Crippen LogP) is -1.98. The Balaban J connectivity index is 0.00000192. The normalized spacial score (nSPS) is 10.3. The first kappa shape index (κ1) is 16.9. The van der Waals surface area contributed by atoms with Gasteiger partial charge in [0.1, 0.15) is 5.56 Å². The summed E-state index contributed by atoms with van der Waals surface area (Å²) in [4.78, 5) is 30.4. The molecule has 118 valence electrons. The van der Waals surface area contributed by atoms with Crippen LogP contribution in [0.5, 0.6) is 0 Å². The highest BCUT2D eigenvalue weighted by molar-refractivity contribution is 6.31. The van der Waals surface area contributed by atoms with E-state index in [1.54, 1.807) is 47.3 Å². The molecule has 0 fully saturated rings. The van der Waals surface area contributed by atoms with Gasteiger partial charge in [-0.25, -0.2) is 4.98 Å². The molecule has 0 saturated heterocycles. The van der Waals surface area contributed by atoms with Crippen molar-refractivity contribution in [3.63, 3.8) is 0 Å². The number of benzene rings is 1. The van der Waals surface area contributed by atoms with E-state index in [1.165, 1.54) is 0 Å². The van der Waals surface area contributed by atoms with E-state index in [1.807, 2.05) is 0 Å². The predicted molar refractivity (Wildman–Crippen MR) is 81.6 cm³/mol. The average Bonchev–Trinajstić information content (AvgIpc) is 2.47. The number of amides is 1. The van der Waals surface area contributed by atoms with Gasteiger partial charge in [0.25, 0.3) is 11.5 Å². The molecule has 2 aromatic heterocycles. The summed E-state index contributed by atoms with van der Waals surface area (Å²) in [7, 11) is 0. The van der Waals surface area contributed by atoms with Crippen LogP contribution in [0.15, 0.2) is 47.5 Å². The number of rotatable bonds is 3. The van der Waals surface area contributed by atoms with E-state index < -0.39 is 5.91 Å². The Kier molecular flexibility index (Phi) is 4.98. The topological polar surface area (TPSA) is 92.7 Å². The number of hydrogen-bond acceptors (Lipinski definition) is 3. The van der Waals surface area contributed by atoms with Crippen LogP contribution >= 0.6 is 11.6 Å². The van der Waals surface area contributed by atoms with E-state index in [0.717, 1.165) is 0 Å². The van der Waals surface area contributed by atoms with Crippen LogP contribution in [0.3, 0.4) is 0 Å². The monoisotopic (exact) mass is 350 g/mol. The largest absolute Gasteiger partial charge is 1.00 e. The number of fused-ring (bicyclic) bond motifs is 1. The molecular formula is C15H12Cl2N4O2. The Bertz CT molecular complexity index is 940. The number of halogens is 2. The standard InChI is InChI=1S/C15H11ClN4O2.ClH/c16-10-3-4-11-12(6-10)18-13(19-15(11)22)8-20-5-1-2-9(7-20)14(17)21;/h1-7H,8H2,(H2-,17,18,19,21,22);1H. The minimum absolute atomic E-state index is 0. The molecule has 0 aliphatic rings. The maximum Gasteiger partial charge on any atom is 0.258 e. The van der Waals surface area contributed by atoms with Crippen molar-refractivity contribution in [2.24, 2.45) is 5.73 Å². The highest BCUT2D eigenvalue weighted by atomic mass is 35.5. The second kappa shape index (κ2) is 6.76. The second-order valence-corrected chi connectivity index (χ2v) is 5.24. The second-order valence-electron chi connectivity index (χ2n) is 4.80.